The van der Waals surface area contributed by atoms with Crippen molar-refractivity contribution in [2.45, 2.75) is 5.75 Å². The largest absolute Gasteiger partial charge is 0.395 e. The maximum absolute atomic E-state index is 13.6. The number of aromatic nitrogens is 1. The number of hydrogen-bond acceptors (Lipinski definition) is 5. The lowest BCUT2D eigenvalue weighted by Gasteiger charge is -1.99. The Kier molecular flexibility index (Phi) is 4.28. The van der Waals surface area contributed by atoms with E-state index in [1.54, 1.807) is 23.6 Å². The number of rotatable bonds is 5. The predicted octanol–water partition coefficient (Wildman–Crippen LogP) is 1.86. The third kappa shape index (κ3) is 3.59. The van der Waals surface area contributed by atoms with Crippen molar-refractivity contribution in [3.05, 3.63) is 41.2 Å². The van der Waals surface area contributed by atoms with E-state index in [4.69, 9.17) is 5.11 Å². The van der Waals surface area contributed by atoms with Gasteiger partial charge in [0.15, 0.2) is 9.84 Å². The molecule has 4 nitrogen and oxygen atoms in total. The first-order valence-electron chi connectivity index (χ1n) is 5.52. The second kappa shape index (κ2) is 5.77. The maximum atomic E-state index is 13.6. The zero-order valence-electron chi connectivity index (χ0n) is 9.91. The van der Waals surface area contributed by atoms with E-state index < -0.39 is 16.4 Å². The van der Waals surface area contributed by atoms with Crippen LogP contribution >= 0.6 is 11.3 Å². The summed E-state index contributed by atoms with van der Waals surface area (Å²) in [6.45, 7) is -0.410. The summed E-state index contributed by atoms with van der Waals surface area (Å²) in [5.41, 5.74) is 0.731. The van der Waals surface area contributed by atoms with Crippen LogP contribution in [0.2, 0.25) is 0 Å². The standard InChI is InChI=1S/C12H12FNO3S2/c13-11-4-2-1-3-10(11)12-14-9(7-18-12)8-19(16,17)6-5-15/h1-4,7,15H,5-6,8H2. The fraction of sp³-hybridized carbons (Fsp3) is 0.250. The Morgan fingerprint density at radius 3 is 2.74 bits per heavy atom. The van der Waals surface area contributed by atoms with Gasteiger partial charge >= 0.3 is 0 Å². The van der Waals surface area contributed by atoms with Gasteiger partial charge in [0.25, 0.3) is 0 Å². The molecule has 102 valence electrons. The van der Waals surface area contributed by atoms with E-state index in [-0.39, 0.29) is 17.3 Å². The second-order valence-corrected chi connectivity index (χ2v) is 6.98. The van der Waals surface area contributed by atoms with Crippen LogP contribution in [0.3, 0.4) is 0 Å². The van der Waals surface area contributed by atoms with Gasteiger partial charge in [-0.15, -0.1) is 11.3 Å². The molecule has 0 spiro atoms. The molecule has 19 heavy (non-hydrogen) atoms. The molecule has 2 rings (SSSR count). The average molecular weight is 301 g/mol. The van der Waals surface area contributed by atoms with Crippen molar-refractivity contribution in [1.82, 2.24) is 4.98 Å². The first-order chi connectivity index (χ1) is 9.02. The molecule has 1 aromatic carbocycles. The number of aliphatic hydroxyl groups excluding tert-OH is 1. The summed E-state index contributed by atoms with van der Waals surface area (Å²) in [5.74, 6) is -0.917. The Bertz CT molecular complexity index is 667. The van der Waals surface area contributed by atoms with E-state index in [9.17, 15) is 12.8 Å². The van der Waals surface area contributed by atoms with Crippen LogP contribution in [0.15, 0.2) is 29.6 Å². The summed E-state index contributed by atoms with van der Waals surface area (Å²) >= 11 is 1.20. The third-order valence-corrected chi connectivity index (χ3v) is 4.89. The van der Waals surface area contributed by atoms with Crippen LogP contribution < -0.4 is 0 Å². The van der Waals surface area contributed by atoms with Crippen molar-refractivity contribution >= 4 is 21.2 Å². The lowest BCUT2D eigenvalue weighted by Crippen LogP contribution is -2.12. The molecule has 0 saturated heterocycles. The number of hydrogen-bond donors (Lipinski definition) is 1. The van der Waals surface area contributed by atoms with Crippen LogP contribution in [0.25, 0.3) is 10.6 Å². The number of nitrogens with zero attached hydrogens (tertiary/aromatic N) is 1. The van der Waals surface area contributed by atoms with E-state index in [0.29, 0.717) is 16.3 Å². The van der Waals surface area contributed by atoms with E-state index in [2.05, 4.69) is 4.98 Å². The van der Waals surface area contributed by atoms with Crippen molar-refractivity contribution in [3.8, 4) is 10.6 Å². The molecule has 0 aliphatic rings. The van der Waals surface area contributed by atoms with E-state index in [1.165, 1.54) is 17.4 Å². The zero-order valence-corrected chi connectivity index (χ0v) is 11.5. The Hall–Kier alpha value is -1.31. The second-order valence-electron chi connectivity index (χ2n) is 3.94. The monoisotopic (exact) mass is 301 g/mol. The molecule has 0 atom stereocenters. The van der Waals surface area contributed by atoms with Gasteiger partial charge < -0.3 is 5.11 Å². The smallest absolute Gasteiger partial charge is 0.158 e. The minimum Gasteiger partial charge on any atom is -0.395 e. The van der Waals surface area contributed by atoms with Gasteiger partial charge in [0.1, 0.15) is 10.8 Å². The predicted molar refractivity (Wildman–Crippen MR) is 72.1 cm³/mol. The molecule has 0 aliphatic carbocycles. The molecular formula is C12H12FNO3S2. The summed E-state index contributed by atoms with van der Waals surface area (Å²) < 4.78 is 36.6. The maximum Gasteiger partial charge on any atom is 0.158 e. The van der Waals surface area contributed by atoms with Gasteiger partial charge in [0, 0.05) is 10.9 Å². The molecule has 0 amide bonds. The third-order valence-electron chi connectivity index (χ3n) is 2.43. The van der Waals surface area contributed by atoms with Crippen molar-refractivity contribution in [3.63, 3.8) is 0 Å². The minimum atomic E-state index is -3.36. The molecule has 1 N–H and O–H groups in total. The molecule has 0 bridgehead atoms. The summed E-state index contributed by atoms with van der Waals surface area (Å²) in [7, 11) is -3.36. The van der Waals surface area contributed by atoms with Crippen LogP contribution in [0, 0.1) is 5.82 Å². The number of thiazole rings is 1. The topological polar surface area (TPSA) is 67.3 Å². The zero-order chi connectivity index (χ0) is 13.9. The highest BCUT2D eigenvalue weighted by Crippen LogP contribution is 2.26. The van der Waals surface area contributed by atoms with Crippen molar-refractivity contribution in [2.24, 2.45) is 0 Å². The van der Waals surface area contributed by atoms with E-state index in [0.717, 1.165) is 0 Å². The molecule has 0 aliphatic heterocycles. The van der Waals surface area contributed by atoms with Gasteiger partial charge in [0.05, 0.1) is 23.8 Å². The fourth-order valence-electron chi connectivity index (χ4n) is 1.57. The lowest BCUT2D eigenvalue weighted by atomic mass is 10.2. The summed E-state index contributed by atoms with van der Waals surface area (Å²) in [6, 6.07) is 6.21. The minimum absolute atomic E-state index is 0.238. The van der Waals surface area contributed by atoms with Crippen LogP contribution in [-0.4, -0.2) is 30.9 Å². The number of aliphatic hydroxyl groups is 1. The lowest BCUT2D eigenvalue weighted by molar-refractivity contribution is 0.319. The van der Waals surface area contributed by atoms with Crippen molar-refractivity contribution in [1.29, 1.82) is 0 Å². The summed E-state index contributed by atoms with van der Waals surface area (Å²) in [4.78, 5) is 4.13. The van der Waals surface area contributed by atoms with Gasteiger partial charge in [-0.3, -0.25) is 0 Å². The first kappa shape index (κ1) is 14.1. The van der Waals surface area contributed by atoms with E-state index in [1.807, 2.05) is 0 Å². The van der Waals surface area contributed by atoms with Crippen LogP contribution in [-0.2, 0) is 15.6 Å². The molecule has 2 aromatic rings. The molecule has 0 fully saturated rings. The highest BCUT2D eigenvalue weighted by molar-refractivity contribution is 7.90. The number of benzene rings is 1. The van der Waals surface area contributed by atoms with E-state index >= 15 is 0 Å². The van der Waals surface area contributed by atoms with Crippen molar-refractivity contribution in [2.75, 3.05) is 12.4 Å². The van der Waals surface area contributed by atoms with Crippen LogP contribution in [0.5, 0.6) is 0 Å². The number of sulfone groups is 1. The van der Waals surface area contributed by atoms with Gasteiger partial charge in [-0.25, -0.2) is 17.8 Å². The number of halogens is 1. The SMILES string of the molecule is O=S(=O)(CCO)Cc1csc(-c2ccccc2F)n1. The van der Waals surface area contributed by atoms with Gasteiger partial charge in [0.2, 0.25) is 0 Å². The Morgan fingerprint density at radius 2 is 2.05 bits per heavy atom. The van der Waals surface area contributed by atoms with Gasteiger partial charge in [-0.1, -0.05) is 12.1 Å². The molecular weight excluding hydrogens is 289 g/mol. The summed E-state index contributed by atoms with van der Waals surface area (Å²) in [5, 5.41) is 10.7. The highest BCUT2D eigenvalue weighted by atomic mass is 32.2. The Morgan fingerprint density at radius 1 is 1.32 bits per heavy atom. The molecule has 0 saturated carbocycles. The van der Waals surface area contributed by atoms with Gasteiger partial charge in [-0.05, 0) is 12.1 Å². The average Bonchev–Trinajstić information content (AvgIpc) is 2.77. The normalized spacial score (nSPS) is 11.7. The molecule has 1 aromatic heterocycles. The Balaban J connectivity index is 2.23. The fourth-order valence-corrected chi connectivity index (χ4v) is 3.54. The summed E-state index contributed by atoms with van der Waals surface area (Å²) in [6.07, 6.45) is 0. The highest BCUT2D eigenvalue weighted by Gasteiger charge is 2.15. The van der Waals surface area contributed by atoms with Crippen LogP contribution in [0.4, 0.5) is 4.39 Å². The molecule has 1 heterocycles. The molecule has 7 heteroatoms. The molecule has 0 radical (unpaired) electrons. The quantitative estimate of drug-likeness (QED) is 0.915. The molecule has 0 unspecified atom stereocenters. The first-order valence-corrected chi connectivity index (χ1v) is 8.22. The Labute approximate surface area is 114 Å². The van der Waals surface area contributed by atoms with Crippen LogP contribution in [0.1, 0.15) is 5.69 Å². The van der Waals surface area contributed by atoms with Gasteiger partial charge in [-0.2, -0.15) is 0 Å². The van der Waals surface area contributed by atoms with Crippen molar-refractivity contribution < 1.29 is 17.9 Å².